The summed E-state index contributed by atoms with van der Waals surface area (Å²) in [4.78, 5) is 0.125. The van der Waals surface area contributed by atoms with Crippen molar-refractivity contribution in [1.29, 1.82) is 0 Å². The summed E-state index contributed by atoms with van der Waals surface area (Å²) in [6.07, 6.45) is -0.0957. The first-order valence-corrected chi connectivity index (χ1v) is 27.3. The van der Waals surface area contributed by atoms with Gasteiger partial charge in [0.05, 0.1) is 30.2 Å². The van der Waals surface area contributed by atoms with Crippen molar-refractivity contribution in [2.24, 2.45) is 0 Å². The molecule has 0 bridgehead atoms. The summed E-state index contributed by atoms with van der Waals surface area (Å²) in [5, 5.41) is 14.0. The minimum Gasteiger partial charge on any atom is -0.418 e. The number of para-hydroxylation sites is 1. The van der Waals surface area contributed by atoms with Gasteiger partial charge in [-0.25, -0.2) is 12.4 Å². The van der Waals surface area contributed by atoms with Crippen molar-refractivity contribution in [3.63, 3.8) is 0 Å². The quantitative estimate of drug-likeness (QED) is 0.0496. The molecule has 7 rings (SSSR count). The number of unbranched alkanes of at least 4 members (excludes halogenated alkanes) is 3. The Labute approximate surface area is 380 Å². The highest BCUT2D eigenvalue weighted by atomic mass is 32.2. The summed E-state index contributed by atoms with van der Waals surface area (Å²) in [7, 11) is -5.73. The smallest absolute Gasteiger partial charge is 0.268 e. The third kappa shape index (κ3) is 11.3. The number of rotatable bonds is 23. The molecule has 0 amide bonds. The van der Waals surface area contributed by atoms with E-state index in [-0.39, 0.29) is 31.3 Å². The van der Waals surface area contributed by atoms with Crippen LogP contribution >= 0.6 is 0 Å². The van der Waals surface area contributed by atoms with Crippen LogP contribution in [0.3, 0.4) is 0 Å². The molecule has 1 N–H and O–H groups in total. The molecule has 1 fully saturated rings. The van der Waals surface area contributed by atoms with Gasteiger partial charge in [0.2, 0.25) is 0 Å². The Morgan fingerprint density at radius 2 is 1.09 bits per heavy atom. The van der Waals surface area contributed by atoms with E-state index in [2.05, 4.69) is 19.6 Å². The standard InChI is InChI=1S/C52H63NO9SSi/c1-5-61-52(45-36-53(46-33-21-20-32-44(45)46)63(55,56)43-30-18-11-19-31-43)50(54)48(57-34-22-6-7-23-35-62-64(2,3)4)47(58-37-40-24-12-8-13-25-40)49(59-38-41-26-14-9-15-27-41)51(52)60-39-42-28-16-10-17-29-42/h8-21,24-33,36,47-51,54H,5-7,22-23,34-35,37-39H2,1-4H3. The van der Waals surface area contributed by atoms with Gasteiger partial charge in [-0.15, -0.1) is 0 Å². The van der Waals surface area contributed by atoms with Gasteiger partial charge in [0.15, 0.2) is 13.9 Å². The lowest BCUT2D eigenvalue weighted by atomic mass is 9.70. The maximum atomic E-state index is 14.6. The zero-order valence-electron chi connectivity index (χ0n) is 37.5. The summed E-state index contributed by atoms with van der Waals surface area (Å²) >= 11 is 0. The van der Waals surface area contributed by atoms with Crippen LogP contribution in [-0.4, -0.2) is 76.2 Å². The molecule has 1 saturated carbocycles. The zero-order valence-corrected chi connectivity index (χ0v) is 39.3. The highest BCUT2D eigenvalue weighted by molar-refractivity contribution is 7.90. The second-order valence-electron chi connectivity index (χ2n) is 17.3. The van der Waals surface area contributed by atoms with E-state index in [9.17, 15) is 13.5 Å². The number of ether oxygens (including phenoxy) is 5. The van der Waals surface area contributed by atoms with Gasteiger partial charge >= 0.3 is 0 Å². The van der Waals surface area contributed by atoms with Crippen LogP contribution in [-0.2, 0) is 63.6 Å². The SMILES string of the molecule is CCOC1(c2cn(S(=O)(=O)c3ccccc3)c3ccccc23)C(O)C(OCCCCCCO[Si](C)(C)C)C(OCc2ccccc2)C(OCc2ccccc2)C1OCc1ccccc1. The molecule has 1 aromatic heterocycles. The molecule has 64 heavy (non-hydrogen) atoms. The third-order valence-electron chi connectivity index (χ3n) is 11.6. The van der Waals surface area contributed by atoms with Crippen LogP contribution in [0, 0.1) is 0 Å². The van der Waals surface area contributed by atoms with E-state index in [0.29, 0.717) is 23.1 Å². The fourth-order valence-electron chi connectivity index (χ4n) is 8.58. The second-order valence-corrected chi connectivity index (χ2v) is 23.6. The molecule has 1 aliphatic rings. The van der Waals surface area contributed by atoms with E-state index in [4.69, 9.17) is 28.1 Å². The second kappa shape index (κ2) is 22.1. The Balaban J connectivity index is 1.37. The minimum atomic E-state index is -4.13. The Hall–Kier alpha value is -4.47. The molecule has 6 unspecified atom stereocenters. The molecule has 5 aromatic carbocycles. The van der Waals surface area contributed by atoms with Crippen molar-refractivity contribution >= 4 is 29.2 Å². The van der Waals surface area contributed by atoms with Gasteiger partial charge in [-0.3, -0.25) is 0 Å². The predicted molar refractivity (Wildman–Crippen MR) is 253 cm³/mol. The van der Waals surface area contributed by atoms with Crippen molar-refractivity contribution in [2.75, 3.05) is 19.8 Å². The predicted octanol–water partition coefficient (Wildman–Crippen LogP) is 10.0. The van der Waals surface area contributed by atoms with Crippen LogP contribution in [0.25, 0.3) is 10.9 Å². The first-order chi connectivity index (χ1) is 31.0. The molecule has 0 aliphatic heterocycles. The Kier molecular flexibility index (Phi) is 16.4. The van der Waals surface area contributed by atoms with Crippen LogP contribution in [0.4, 0.5) is 0 Å². The summed E-state index contributed by atoms with van der Waals surface area (Å²) in [5.74, 6) is 0. The lowest BCUT2D eigenvalue weighted by molar-refractivity contribution is -0.321. The Bertz CT molecular complexity index is 2430. The number of aliphatic hydroxyl groups is 1. The van der Waals surface area contributed by atoms with Gasteiger partial charge in [-0.05, 0) is 74.3 Å². The summed E-state index contributed by atoms with van der Waals surface area (Å²) in [5.41, 5.74) is 1.88. The molecule has 1 heterocycles. The summed E-state index contributed by atoms with van der Waals surface area (Å²) < 4.78 is 71.6. The van der Waals surface area contributed by atoms with Crippen molar-refractivity contribution in [3.8, 4) is 0 Å². The Morgan fingerprint density at radius 3 is 1.66 bits per heavy atom. The number of aromatic nitrogens is 1. The number of benzene rings is 5. The van der Waals surface area contributed by atoms with Gasteiger partial charge in [-0.2, -0.15) is 0 Å². The first-order valence-electron chi connectivity index (χ1n) is 22.5. The molecule has 6 aromatic rings. The molecule has 340 valence electrons. The molecule has 10 nitrogen and oxygen atoms in total. The Morgan fingerprint density at radius 1 is 0.594 bits per heavy atom. The largest absolute Gasteiger partial charge is 0.418 e. The lowest BCUT2D eigenvalue weighted by Crippen LogP contribution is -2.71. The molecule has 0 radical (unpaired) electrons. The first kappa shape index (κ1) is 47.5. The van der Waals surface area contributed by atoms with E-state index >= 15 is 0 Å². The number of hydrogen-bond donors (Lipinski definition) is 1. The van der Waals surface area contributed by atoms with Gasteiger partial charge in [0.25, 0.3) is 10.0 Å². The third-order valence-corrected chi connectivity index (χ3v) is 14.4. The van der Waals surface area contributed by atoms with Crippen molar-refractivity contribution in [1.82, 2.24) is 3.97 Å². The van der Waals surface area contributed by atoms with Crippen LogP contribution in [0.5, 0.6) is 0 Å². The zero-order chi connectivity index (χ0) is 45.0. The molecule has 1 aliphatic carbocycles. The van der Waals surface area contributed by atoms with E-state index < -0.39 is 54.5 Å². The van der Waals surface area contributed by atoms with Crippen molar-refractivity contribution < 1.29 is 41.6 Å². The van der Waals surface area contributed by atoms with Gasteiger partial charge in [-0.1, -0.05) is 140 Å². The normalized spacial score (nSPS) is 21.6. The maximum Gasteiger partial charge on any atom is 0.268 e. The summed E-state index contributed by atoms with van der Waals surface area (Å²) in [6.45, 7) is 10.2. The van der Waals surface area contributed by atoms with Crippen molar-refractivity contribution in [3.05, 3.63) is 174 Å². The molecule has 6 atom stereocenters. The number of fused-ring (bicyclic) bond motifs is 1. The average molecular weight is 906 g/mol. The van der Waals surface area contributed by atoms with Crippen LogP contribution in [0.2, 0.25) is 19.6 Å². The van der Waals surface area contributed by atoms with Gasteiger partial charge < -0.3 is 33.2 Å². The molecular weight excluding hydrogens is 843 g/mol. The molecular formula is C52H63NO9SSi. The lowest BCUT2D eigenvalue weighted by Gasteiger charge is -2.55. The fraction of sp³-hybridized carbons (Fsp3) is 0.385. The van der Waals surface area contributed by atoms with Gasteiger partial charge in [0, 0.05) is 37.0 Å². The topological polar surface area (TPSA) is 115 Å². The van der Waals surface area contributed by atoms with Crippen LogP contribution in [0.1, 0.15) is 54.9 Å². The van der Waals surface area contributed by atoms with E-state index in [1.807, 2.05) is 110 Å². The van der Waals surface area contributed by atoms with Crippen molar-refractivity contribution in [2.45, 2.75) is 113 Å². The monoisotopic (exact) mass is 905 g/mol. The highest BCUT2D eigenvalue weighted by Crippen LogP contribution is 2.49. The van der Waals surface area contributed by atoms with Crippen LogP contribution in [0.15, 0.2) is 157 Å². The summed E-state index contributed by atoms with van der Waals surface area (Å²) in [6, 6.07) is 45.2. The maximum absolute atomic E-state index is 14.6. The van der Waals surface area contributed by atoms with E-state index in [1.54, 1.807) is 48.7 Å². The van der Waals surface area contributed by atoms with Crippen LogP contribution < -0.4 is 0 Å². The van der Waals surface area contributed by atoms with E-state index in [1.165, 1.54) is 3.97 Å². The molecule has 0 saturated heterocycles. The van der Waals surface area contributed by atoms with E-state index in [0.717, 1.165) is 49.0 Å². The highest BCUT2D eigenvalue weighted by Gasteiger charge is 2.64. The minimum absolute atomic E-state index is 0.125. The number of aliphatic hydroxyl groups excluding tert-OH is 1. The molecule has 12 heteroatoms. The number of hydrogen-bond acceptors (Lipinski definition) is 9. The fourth-order valence-corrected chi connectivity index (χ4v) is 10.7. The average Bonchev–Trinajstić information content (AvgIpc) is 3.71. The number of nitrogens with zero attached hydrogens (tertiary/aromatic N) is 1. The van der Waals surface area contributed by atoms with Gasteiger partial charge in [0.1, 0.15) is 30.5 Å². The molecule has 0 spiro atoms.